The average Bonchev–Trinajstić information content (AvgIpc) is 2.69. The summed E-state index contributed by atoms with van der Waals surface area (Å²) in [6, 6.07) is 7.36. The van der Waals surface area contributed by atoms with Crippen LogP contribution in [0.3, 0.4) is 0 Å². The van der Waals surface area contributed by atoms with E-state index < -0.39 is 0 Å². The number of carbonyl (C=O) groups is 1. The topological polar surface area (TPSA) is 88.6 Å². The van der Waals surface area contributed by atoms with Crippen LogP contribution in [0, 0.1) is 0 Å². The molecule has 19 heavy (non-hydrogen) atoms. The summed E-state index contributed by atoms with van der Waals surface area (Å²) in [6.45, 7) is 0. The summed E-state index contributed by atoms with van der Waals surface area (Å²) >= 11 is 1.12. The third-order valence-electron chi connectivity index (χ3n) is 2.65. The van der Waals surface area contributed by atoms with E-state index in [1.165, 1.54) is 0 Å². The minimum atomic E-state index is -0.343. The first kappa shape index (κ1) is 11.6. The number of nitrogens with two attached hydrogens (primary N) is 1. The molecule has 0 fully saturated rings. The van der Waals surface area contributed by atoms with Gasteiger partial charge < -0.3 is 10.8 Å². The number of rotatable bonds is 1. The molecule has 0 unspecified atom stereocenters. The molecule has 1 aliphatic heterocycles. The highest BCUT2D eigenvalue weighted by molar-refractivity contribution is 7.16. The van der Waals surface area contributed by atoms with E-state index in [1.807, 2.05) is 18.2 Å². The van der Waals surface area contributed by atoms with Crippen molar-refractivity contribution in [3.05, 3.63) is 45.3 Å². The molecule has 1 aliphatic rings. The number of hydrogen-bond donors (Lipinski definition) is 2. The van der Waals surface area contributed by atoms with Crippen LogP contribution in [0.15, 0.2) is 34.8 Å². The van der Waals surface area contributed by atoms with Gasteiger partial charge in [0.1, 0.15) is 0 Å². The smallest absolute Gasteiger partial charge is 0.277 e. The molecule has 0 bridgehead atoms. The van der Waals surface area contributed by atoms with Crippen LogP contribution in [0.2, 0.25) is 0 Å². The van der Waals surface area contributed by atoms with Gasteiger partial charge in [-0.15, -0.1) is 0 Å². The van der Waals surface area contributed by atoms with Gasteiger partial charge in [0.15, 0.2) is 5.13 Å². The highest BCUT2D eigenvalue weighted by Gasteiger charge is 2.13. The van der Waals surface area contributed by atoms with Crippen molar-refractivity contribution >= 4 is 34.5 Å². The van der Waals surface area contributed by atoms with Crippen molar-refractivity contribution in [3.63, 3.8) is 0 Å². The second-order valence-corrected chi connectivity index (χ2v) is 5.02. The Morgan fingerprint density at radius 3 is 2.84 bits per heavy atom. The predicted molar refractivity (Wildman–Crippen MR) is 72.9 cm³/mol. The van der Waals surface area contributed by atoms with Crippen LogP contribution < -0.4 is 16.3 Å². The molecule has 2 aromatic rings. The summed E-state index contributed by atoms with van der Waals surface area (Å²) in [5.41, 5.74) is 5.90. The second-order valence-electron chi connectivity index (χ2n) is 3.96. The Morgan fingerprint density at radius 1 is 1.32 bits per heavy atom. The Labute approximate surface area is 112 Å². The minimum Gasteiger partial charge on any atom is -0.492 e. The first-order chi connectivity index (χ1) is 9.13. The maximum absolute atomic E-state index is 11.9. The summed E-state index contributed by atoms with van der Waals surface area (Å²) in [5, 5.41) is 11.3. The van der Waals surface area contributed by atoms with E-state index in [4.69, 9.17) is 5.73 Å². The van der Waals surface area contributed by atoms with E-state index in [0.29, 0.717) is 15.8 Å². The van der Waals surface area contributed by atoms with Crippen molar-refractivity contribution in [2.45, 2.75) is 0 Å². The molecule has 0 saturated heterocycles. The Morgan fingerprint density at radius 2 is 2.11 bits per heavy atom. The van der Waals surface area contributed by atoms with Gasteiger partial charge in [0.2, 0.25) is 5.88 Å². The number of benzene rings is 1. The zero-order chi connectivity index (χ0) is 13.4. The number of fused-ring (bicyclic) bond motifs is 1. The van der Waals surface area contributed by atoms with Gasteiger partial charge in [-0.05, 0) is 18.2 Å². The highest BCUT2D eigenvalue weighted by atomic mass is 32.1. The van der Waals surface area contributed by atoms with Crippen molar-refractivity contribution in [1.82, 2.24) is 4.98 Å². The standard InChI is InChI=1S/C13H9N3O2S/c14-13-16-12(18)10(19-13)6-8-5-7-3-1-2-4-9(7)15-11(8)17/h1-6,18H,(H2,14,16). The zero-order valence-electron chi connectivity index (χ0n) is 9.70. The third kappa shape index (κ3) is 2.13. The number of para-hydroxylation sites is 1. The molecule has 3 N–H and O–H groups in total. The lowest BCUT2D eigenvalue weighted by Gasteiger charge is -2.02. The summed E-state index contributed by atoms with van der Waals surface area (Å²) < 4.78 is 0. The van der Waals surface area contributed by atoms with E-state index in [9.17, 15) is 9.90 Å². The molecule has 94 valence electrons. The van der Waals surface area contributed by atoms with Gasteiger partial charge in [-0.1, -0.05) is 29.5 Å². The fraction of sp³-hybridized carbons (Fsp3) is 0. The van der Waals surface area contributed by atoms with E-state index in [1.54, 1.807) is 18.2 Å². The van der Waals surface area contributed by atoms with Gasteiger partial charge in [0.25, 0.3) is 5.91 Å². The molecule has 0 spiro atoms. The molecule has 0 radical (unpaired) electrons. The molecular weight excluding hydrogens is 262 g/mol. The van der Waals surface area contributed by atoms with Gasteiger partial charge in [0, 0.05) is 10.8 Å². The van der Waals surface area contributed by atoms with Crippen LogP contribution in [0.4, 0.5) is 5.13 Å². The number of thiazole rings is 1. The maximum Gasteiger partial charge on any atom is 0.277 e. The lowest BCUT2D eigenvalue weighted by atomic mass is 10.1. The Hall–Kier alpha value is -2.47. The van der Waals surface area contributed by atoms with Gasteiger partial charge in [-0.25, -0.2) is 4.99 Å². The second kappa shape index (κ2) is 4.33. The minimum absolute atomic E-state index is 0.171. The Kier molecular flexibility index (Phi) is 2.64. The predicted octanol–water partition coefficient (Wildman–Crippen LogP) is 0.455. The molecule has 1 aromatic carbocycles. The summed E-state index contributed by atoms with van der Waals surface area (Å²) in [7, 11) is 0. The monoisotopic (exact) mass is 271 g/mol. The van der Waals surface area contributed by atoms with Crippen molar-refractivity contribution < 1.29 is 9.90 Å². The number of amides is 1. The first-order valence-electron chi connectivity index (χ1n) is 5.50. The molecular formula is C13H9N3O2S. The maximum atomic E-state index is 11.9. The van der Waals surface area contributed by atoms with Crippen molar-refractivity contribution in [3.8, 4) is 5.88 Å². The lowest BCUT2D eigenvalue weighted by Crippen LogP contribution is -2.29. The van der Waals surface area contributed by atoms with Crippen LogP contribution in [-0.2, 0) is 4.79 Å². The first-order valence-corrected chi connectivity index (χ1v) is 6.32. The average molecular weight is 271 g/mol. The van der Waals surface area contributed by atoms with Crippen LogP contribution in [-0.4, -0.2) is 16.0 Å². The number of carbonyl (C=O) groups excluding carboxylic acids is 1. The number of aromatic nitrogens is 1. The number of hydrogen-bond acceptors (Lipinski definition) is 5. The zero-order valence-corrected chi connectivity index (χ0v) is 10.5. The summed E-state index contributed by atoms with van der Waals surface area (Å²) in [5.74, 6) is -0.514. The van der Waals surface area contributed by atoms with Gasteiger partial charge in [0.05, 0.1) is 10.2 Å². The van der Waals surface area contributed by atoms with E-state index in [2.05, 4.69) is 9.98 Å². The quantitative estimate of drug-likeness (QED) is 0.737. The number of nitrogens with zero attached hydrogens (tertiary/aromatic N) is 2. The van der Waals surface area contributed by atoms with Crippen molar-refractivity contribution in [2.24, 2.45) is 4.99 Å². The van der Waals surface area contributed by atoms with Crippen LogP contribution in [0.25, 0.3) is 12.2 Å². The van der Waals surface area contributed by atoms with Gasteiger partial charge in [-0.2, -0.15) is 4.98 Å². The molecule has 0 saturated carbocycles. The van der Waals surface area contributed by atoms with Crippen molar-refractivity contribution in [2.75, 3.05) is 5.73 Å². The normalized spacial score (nSPS) is 15.8. The summed E-state index contributed by atoms with van der Waals surface area (Å²) in [6.07, 6.45) is 3.28. The SMILES string of the molecule is Nc1nc(O)c(C=C2C=c3ccccc3=NC2=O)s1. The molecule has 3 rings (SSSR count). The molecule has 0 atom stereocenters. The molecule has 5 nitrogen and oxygen atoms in total. The molecule has 1 aromatic heterocycles. The highest BCUT2D eigenvalue weighted by Crippen LogP contribution is 2.28. The lowest BCUT2D eigenvalue weighted by molar-refractivity contribution is -0.114. The van der Waals surface area contributed by atoms with Crippen molar-refractivity contribution in [1.29, 1.82) is 0 Å². The largest absolute Gasteiger partial charge is 0.492 e. The Balaban J connectivity index is 2.15. The van der Waals surface area contributed by atoms with Crippen LogP contribution in [0.1, 0.15) is 4.88 Å². The van der Waals surface area contributed by atoms with E-state index >= 15 is 0 Å². The summed E-state index contributed by atoms with van der Waals surface area (Å²) in [4.78, 5) is 20.0. The molecule has 1 amide bonds. The molecule has 6 heteroatoms. The third-order valence-corrected chi connectivity index (χ3v) is 3.48. The number of nitrogen functional groups attached to an aromatic ring is 1. The van der Waals surface area contributed by atoms with Crippen LogP contribution >= 0.6 is 11.3 Å². The number of aromatic hydroxyl groups is 1. The van der Waals surface area contributed by atoms with E-state index in [0.717, 1.165) is 16.6 Å². The Bertz CT molecular complexity index is 821. The number of anilines is 1. The van der Waals surface area contributed by atoms with E-state index in [-0.39, 0.29) is 16.9 Å². The molecule has 0 aliphatic carbocycles. The van der Waals surface area contributed by atoms with Crippen LogP contribution in [0.5, 0.6) is 5.88 Å². The van der Waals surface area contributed by atoms with Gasteiger partial charge in [-0.3, -0.25) is 4.79 Å². The van der Waals surface area contributed by atoms with Gasteiger partial charge >= 0.3 is 0 Å². The fourth-order valence-corrected chi connectivity index (χ4v) is 2.47. The molecule has 2 heterocycles. The fourth-order valence-electron chi connectivity index (χ4n) is 1.79.